The molecule has 0 amide bonds. The molecule has 1 N–H and O–H groups in total. The number of nitrogens with one attached hydrogen (secondary N) is 1. The average Bonchev–Trinajstić information content (AvgIpc) is 2.85. The van der Waals surface area contributed by atoms with Gasteiger partial charge in [0.25, 0.3) is 0 Å². The lowest BCUT2D eigenvalue weighted by molar-refractivity contribution is -0.173. The minimum atomic E-state index is -4.21. The van der Waals surface area contributed by atoms with Crippen LogP contribution >= 0.6 is 0 Å². The van der Waals surface area contributed by atoms with E-state index in [9.17, 15) is 13.2 Å². The van der Waals surface area contributed by atoms with E-state index in [-0.39, 0.29) is 6.61 Å². The molecule has 2 heterocycles. The summed E-state index contributed by atoms with van der Waals surface area (Å²) in [5.74, 6) is 0. The summed E-state index contributed by atoms with van der Waals surface area (Å²) >= 11 is 0. The van der Waals surface area contributed by atoms with Crippen LogP contribution in [0.3, 0.4) is 0 Å². The van der Waals surface area contributed by atoms with Gasteiger partial charge in [0.15, 0.2) is 0 Å². The molecule has 0 aliphatic carbocycles. The maximum Gasteiger partial charge on any atom is 0.411 e. The molecule has 0 spiro atoms. The molecule has 2 fully saturated rings. The lowest BCUT2D eigenvalue weighted by Crippen LogP contribution is -2.39. The summed E-state index contributed by atoms with van der Waals surface area (Å²) in [6.45, 7) is 2.15. The zero-order valence-corrected chi connectivity index (χ0v) is 10.5. The van der Waals surface area contributed by atoms with Crippen LogP contribution in [0.2, 0.25) is 0 Å². The molecule has 2 unspecified atom stereocenters. The first kappa shape index (κ1) is 14.1. The molecule has 2 aliphatic rings. The Kier molecular flexibility index (Phi) is 4.86. The molecule has 18 heavy (non-hydrogen) atoms. The molecule has 2 rings (SSSR count). The van der Waals surface area contributed by atoms with Crippen LogP contribution in [0.4, 0.5) is 13.2 Å². The monoisotopic (exact) mass is 266 g/mol. The van der Waals surface area contributed by atoms with E-state index in [4.69, 9.17) is 0 Å². The summed E-state index contributed by atoms with van der Waals surface area (Å²) < 4.78 is 40.0. The molecular formula is C12H21F3N2O. The topological polar surface area (TPSA) is 24.5 Å². The Bertz CT molecular complexity index is 260. The Morgan fingerprint density at radius 3 is 2.83 bits per heavy atom. The van der Waals surface area contributed by atoms with Gasteiger partial charge in [-0.1, -0.05) is 0 Å². The van der Waals surface area contributed by atoms with Gasteiger partial charge in [-0.05, 0) is 38.8 Å². The van der Waals surface area contributed by atoms with E-state index < -0.39 is 12.8 Å². The van der Waals surface area contributed by atoms with Crippen LogP contribution in [0.25, 0.3) is 0 Å². The lowest BCUT2D eigenvalue weighted by Gasteiger charge is -2.21. The number of fused-ring (bicyclic) bond motifs is 1. The van der Waals surface area contributed by atoms with Crippen molar-refractivity contribution in [2.45, 2.75) is 43.9 Å². The van der Waals surface area contributed by atoms with Crippen LogP contribution < -0.4 is 5.32 Å². The lowest BCUT2D eigenvalue weighted by atomic mass is 10.1. The van der Waals surface area contributed by atoms with Crippen molar-refractivity contribution in [2.24, 2.45) is 0 Å². The molecular weight excluding hydrogens is 245 g/mol. The van der Waals surface area contributed by atoms with Crippen LogP contribution in [0.1, 0.15) is 25.7 Å². The van der Waals surface area contributed by atoms with Gasteiger partial charge in [0, 0.05) is 25.2 Å². The molecule has 0 saturated carbocycles. The van der Waals surface area contributed by atoms with Gasteiger partial charge < -0.3 is 10.1 Å². The third-order valence-electron chi connectivity index (χ3n) is 3.74. The summed E-state index contributed by atoms with van der Waals surface area (Å²) in [7, 11) is 0. The third kappa shape index (κ3) is 4.10. The van der Waals surface area contributed by atoms with Gasteiger partial charge in [0.05, 0.1) is 0 Å². The van der Waals surface area contributed by atoms with Crippen LogP contribution in [0.5, 0.6) is 0 Å². The molecule has 0 bridgehead atoms. The van der Waals surface area contributed by atoms with Gasteiger partial charge in [0.2, 0.25) is 0 Å². The predicted octanol–water partition coefficient (Wildman–Crippen LogP) is 1.78. The van der Waals surface area contributed by atoms with Crippen molar-refractivity contribution in [2.75, 3.05) is 32.8 Å². The highest BCUT2D eigenvalue weighted by molar-refractivity contribution is 4.95. The zero-order chi connectivity index (χ0) is 13.0. The number of hydrogen-bond acceptors (Lipinski definition) is 3. The number of ether oxygens (including phenoxy) is 1. The van der Waals surface area contributed by atoms with Gasteiger partial charge >= 0.3 is 6.18 Å². The van der Waals surface area contributed by atoms with Crippen molar-refractivity contribution < 1.29 is 17.9 Å². The fourth-order valence-electron chi connectivity index (χ4n) is 2.97. The second-order valence-corrected chi connectivity index (χ2v) is 5.12. The largest absolute Gasteiger partial charge is 0.411 e. The number of hydrogen-bond donors (Lipinski definition) is 1. The molecule has 2 aliphatic heterocycles. The first-order valence-electron chi connectivity index (χ1n) is 6.68. The summed E-state index contributed by atoms with van der Waals surface area (Å²) in [5.41, 5.74) is 0. The molecule has 0 radical (unpaired) electrons. The summed E-state index contributed by atoms with van der Waals surface area (Å²) in [6, 6.07) is 1.18. The maximum absolute atomic E-state index is 11.8. The van der Waals surface area contributed by atoms with Crippen LogP contribution in [-0.2, 0) is 4.74 Å². The summed E-state index contributed by atoms with van der Waals surface area (Å²) in [4.78, 5) is 2.51. The third-order valence-corrected chi connectivity index (χ3v) is 3.74. The van der Waals surface area contributed by atoms with Gasteiger partial charge in [-0.3, -0.25) is 4.90 Å². The first-order valence-corrected chi connectivity index (χ1v) is 6.68. The first-order chi connectivity index (χ1) is 8.56. The van der Waals surface area contributed by atoms with Gasteiger partial charge in [-0.2, -0.15) is 13.2 Å². The highest BCUT2D eigenvalue weighted by Gasteiger charge is 2.36. The van der Waals surface area contributed by atoms with E-state index in [1.807, 2.05) is 0 Å². The number of rotatable bonds is 6. The van der Waals surface area contributed by atoms with E-state index in [0.29, 0.717) is 18.5 Å². The van der Waals surface area contributed by atoms with Gasteiger partial charge in [0.1, 0.15) is 6.61 Å². The van der Waals surface area contributed by atoms with Crippen LogP contribution in [0, 0.1) is 0 Å². The minimum Gasteiger partial charge on any atom is -0.372 e. The molecule has 6 heteroatoms. The van der Waals surface area contributed by atoms with Crippen molar-refractivity contribution in [3.63, 3.8) is 0 Å². The fraction of sp³-hybridized carbons (Fsp3) is 1.00. The van der Waals surface area contributed by atoms with Crippen molar-refractivity contribution in [1.29, 1.82) is 0 Å². The quantitative estimate of drug-likeness (QED) is 0.742. The highest BCUT2D eigenvalue weighted by atomic mass is 19.4. The standard InChI is InChI=1S/C12H21F3N2O/c13-12(14,15)9-18-8-2-5-16-10-4-7-17-6-1-3-11(10)17/h10-11,16H,1-9H2. The molecule has 0 aromatic rings. The molecule has 2 atom stereocenters. The van der Waals surface area contributed by atoms with Crippen molar-refractivity contribution in [3.8, 4) is 0 Å². The van der Waals surface area contributed by atoms with Gasteiger partial charge in [-0.25, -0.2) is 0 Å². The van der Waals surface area contributed by atoms with Gasteiger partial charge in [-0.15, -0.1) is 0 Å². The highest BCUT2D eigenvalue weighted by Crippen LogP contribution is 2.27. The minimum absolute atomic E-state index is 0.174. The normalized spacial score (nSPS) is 28.8. The molecule has 0 aromatic carbocycles. The SMILES string of the molecule is FC(F)(F)COCCCNC1CCN2CCCC12. The molecule has 2 saturated heterocycles. The fourth-order valence-corrected chi connectivity index (χ4v) is 2.97. The van der Waals surface area contributed by atoms with E-state index in [1.165, 1.54) is 19.4 Å². The van der Waals surface area contributed by atoms with E-state index in [1.54, 1.807) is 0 Å². The van der Waals surface area contributed by atoms with Crippen LogP contribution in [-0.4, -0.2) is 56.0 Å². The van der Waals surface area contributed by atoms with E-state index >= 15 is 0 Å². The van der Waals surface area contributed by atoms with Crippen molar-refractivity contribution >= 4 is 0 Å². The molecule has 3 nitrogen and oxygen atoms in total. The average molecular weight is 266 g/mol. The molecule has 0 aromatic heterocycles. The number of halogens is 3. The Morgan fingerprint density at radius 2 is 2.06 bits per heavy atom. The van der Waals surface area contributed by atoms with E-state index in [2.05, 4.69) is 15.0 Å². The van der Waals surface area contributed by atoms with Crippen molar-refractivity contribution in [1.82, 2.24) is 10.2 Å². The Morgan fingerprint density at radius 1 is 1.22 bits per heavy atom. The molecule has 106 valence electrons. The summed E-state index contributed by atoms with van der Waals surface area (Å²) in [6.07, 6.45) is 0.121. The predicted molar refractivity (Wildman–Crippen MR) is 62.5 cm³/mol. The van der Waals surface area contributed by atoms with Crippen molar-refractivity contribution in [3.05, 3.63) is 0 Å². The van der Waals surface area contributed by atoms with E-state index in [0.717, 1.165) is 19.5 Å². The maximum atomic E-state index is 11.8. The zero-order valence-electron chi connectivity index (χ0n) is 10.5. The van der Waals surface area contributed by atoms with Crippen LogP contribution in [0.15, 0.2) is 0 Å². The second-order valence-electron chi connectivity index (χ2n) is 5.12. The smallest absolute Gasteiger partial charge is 0.372 e. The Hall–Kier alpha value is -0.330. The Balaban J connectivity index is 1.51. The second kappa shape index (κ2) is 6.21. The summed E-state index contributed by atoms with van der Waals surface area (Å²) in [5, 5.41) is 3.45. The number of alkyl halides is 3. The Labute approximate surface area is 106 Å². The number of nitrogens with zero attached hydrogens (tertiary/aromatic N) is 1.